The van der Waals surface area contributed by atoms with Gasteiger partial charge in [-0.1, -0.05) is 24.3 Å². The summed E-state index contributed by atoms with van der Waals surface area (Å²) in [6, 6.07) is 13.2. The zero-order valence-corrected chi connectivity index (χ0v) is 16.6. The third-order valence-corrected chi connectivity index (χ3v) is 7.17. The van der Waals surface area contributed by atoms with Crippen molar-refractivity contribution in [2.45, 2.75) is 23.8 Å². The van der Waals surface area contributed by atoms with Gasteiger partial charge in [-0.3, -0.25) is 18.6 Å². The van der Waals surface area contributed by atoms with Crippen LogP contribution < -0.4 is 0 Å². The van der Waals surface area contributed by atoms with Crippen molar-refractivity contribution < 1.29 is 26.6 Å². The van der Waals surface area contributed by atoms with Crippen molar-refractivity contribution in [1.29, 1.82) is 0 Å². The number of benzene rings is 1. The summed E-state index contributed by atoms with van der Waals surface area (Å²) in [5.41, 5.74) is -0.859. The summed E-state index contributed by atoms with van der Waals surface area (Å²) in [5.74, 6) is -0.225. The van der Waals surface area contributed by atoms with Gasteiger partial charge in [0.05, 0.1) is 16.3 Å². The van der Waals surface area contributed by atoms with Gasteiger partial charge in [0.1, 0.15) is 5.60 Å². The molecule has 0 spiro atoms. The molecule has 0 saturated heterocycles. The van der Waals surface area contributed by atoms with Crippen LogP contribution in [0.25, 0.3) is 0 Å². The first-order valence-corrected chi connectivity index (χ1v) is 11.0. The second-order valence-electron chi connectivity index (χ2n) is 5.73. The molecule has 1 aromatic heterocycles. The molecule has 0 radical (unpaired) electrons. The van der Waals surface area contributed by atoms with Crippen molar-refractivity contribution in [3.63, 3.8) is 0 Å². The van der Waals surface area contributed by atoms with E-state index in [-0.39, 0.29) is 17.1 Å². The number of hydrogen-bond acceptors (Lipinski definition) is 7. The molecule has 26 heavy (non-hydrogen) atoms. The van der Waals surface area contributed by atoms with E-state index in [9.17, 15) is 13.0 Å². The van der Waals surface area contributed by atoms with Gasteiger partial charge in [0.25, 0.3) is 0 Å². The van der Waals surface area contributed by atoms with E-state index in [1.807, 2.05) is 0 Å². The monoisotopic (exact) mass is 399 g/mol. The molecule has 0 fully saturated rings. The van der Waals surface area contributed by atoms with Crippen LogP contribution in [-0.4, -0.2) is 33.4 Å². The molecule has 0 aliphatic heterocycles. The van der Waals surface area contributed by atoms with Gasteiger partial charge in [0.15, 0.2) is 9.84 Å². The summed E-state index contributed by atoms with van der Waals surface area (Å²) in [6.45, 7) is 1.61. The highest BCUT2D eigenvalue weighted by atomic mass is 32.2. The highest BCUT2D eigenvalue weighted by molar-refractivity contribution is 7.91. The second-order valence-corrected chi connectivity index (χ2v) is 9.65. The lowest BCUT2D eigenvalue weighted by Gasteiger charge is -2.31. The van der Waals surface area contributed by atoms with Crippen molar-refractivity contribution in [1.82, 2.24) is 4.98 Å². The van der Waals surface area contributed by atoms with Crippen LogP contribution in [0.1, 0.15) is 19.0 Å². The predicted octanol–water partition coefficient (Wildman–Crippen LogP) is 3.58. The van der Waals surface area contributed by atoms with Gasteiger partial charge in [0.2, 0.25) is 0 Å². The Balaban J connectivity index is 2.32. The fraction of sp³-hybridized carbons (Fsp3) is 0.353. The summed E-state index contributed by atoms with van der Waals surface area (Å²) in [6.07, 6.45) is 1.56. The topological polar surface area (TPSA) is 91.8 Å². The molecule has 0 amide bonds. The molecule has 1 aromatic carbocycles. The van der Waals surface area contributed by atoms with E-state index in [1.54, 1.807) is 49.5 Å². The molecule has 9 heteroatoms. The van der Waals surface area contributed by atoms with E-state index in [2.05, 4.69) is 4.98 Å². The van der Waals surface area contributed by atoms with Crippen LogP contribution in [0.2, 0.25) is 0 Å². The molecule has 2 rings (SSSR count). The molecule has 1 unspecified atom stereocenters. The quantitative estimate of drug-likeness (QED) is 0.595. The lowest BCUT2D eigenvalue weighted by molar-refractivity contribution is 0.0262. The summed E-state index contributed by atoms with van der Waals surface area (Å²) in [4.78, 5) is 4.44. The standard InChI is InChI=1S/C17H22NO6PS/c1-17(16-11-7-8-13-18-16,24-25(19,22-2)23-3)12-14-26(20,21)15-9-5-4-6-10-15/h4-11,13H,12,14H2,1-3H3. The number of aromatic nitrogens is 1. The molecule has 1 atom stereocenters. The molecule has 1 heterocycles. The van der Waals surface area contributed by atoms with Crippen molar-refractivity contribution in [3.8, 4) is 0 Å². The highest BCUT2D eigenvalue weighted by Crippen LogP contribution is 2.54. The summed E-state index contributed by atoms with van der Waals surface area (Å²) in [7, 11) is -5.01. The Kier molecular flexibility index (Phi) is 6.71. The average Bonchev–Trinajstić information content (AvgIpc) is 2.68. The fourth-order valence-electron chi connectivity index (χ4n) is 2.37. The van der Waals surface area contributed by atoms with E-state index < -0.39 is 23.3 Å². The number of nitrogens with zero attached hydrogens (tertiary/aromatic N) is 1. The number of pyridine rings is 1. The Bertz CT molecular complexity index is 851. The maximum atomic E-state index is 12.6. The van der Waals surface area contributed by atoms with Crippen LogP contribution >= 0.6 is 7.82 Å². The van der Waals surface area contributed by atoms with Crippen molar-refractivity contribution in [3.05, 3.63) is 60.4 Å². The average molecular weight is 399 g/mol. The predicted molar refractivity (Wildman–Crippen MR) is 97.4 cm³/mol. The van der Waals surface area contributed by atoms with E-state index in [0.717, 1.165) is 0 Å². The zero-order valence-electron chi connectivity index (χ0n) is 14.9. The molecule has 2 aromatic rings. The molecule has 142 valence electrons. The van der Waals surface area contributed by atoms with E-state index in [1.165, 1.54) is 26.4 Å². The minimum atomic E-state index is -3.86. The van der Waals surface area contributed by atoms with Gasteiger partial charge in [0, 0.05) is 20.4 Å². The lowest BCUT2D eigenvalue weighted by Crippen LogP contribution is -2.29. The Morgan fingerprint density at radius 2 is 1.65 bits per heavy atom. The first kappa shape index (κ1) is 20.7. The number of hydrogen-bond donors (Lipinski definition) is 0. The highest BCUT2D eigenvalue weighted by Gasteiger charge is 2.40. The van der Waals surface area contributed by atoms with Crippen molar-refractivity contribution >= 4 is 17.7 Å². The van der Waals surface area contributed by atoms with Crippen LogP contribution in [0.5, 0.6) is 0 Å². The Hall–Kier alpha value is -1.57. The minimum absolute atomic E-state index is 0.0119. The minimum Gasteiger partial charge on any atom is -0.290 e. The summed E-state index contributed by atoms with van der Waals surface area (Å²) in [5, 5.41) is 0. The number of phosphoric ester groups is 1. The summed E-state index contributed by atoms with van der Waals surface area (Å²) < 4.78 is 53.0. The molecule has 0 bridgehead atoms. The Labute approximate surface area is 153 Å². The first-order valence-electron chi connectivity index (χ1n) is 7.86. The number of phosphoric acid groups is 1. The maximum absolute atomic E-state index is 12.6. The van der Waals surface area contributed by atoms with Crippen LogP contribution in [0.15, 0.2) is 59.6 Å². The number of rotatable bonds is 9. The maximum Gasteiger partial charge on any atom is 0.475 e. The Morgan fingerprint density at radius 1 is 1.04 bits per heavy atom. The largest absolute Gasteiger partial charge is 0.475 e. The van der Waals surface area contributed by atoms with E-state index in [0.29, 0.717) is 5.69 Å². The zero-order chi connectivity index (χ0) is 19.3. The van der Waals surface area contributed by atoms with Crippen LogP contribution in [0.4, 0.5) is 0 Å². The van der Waals surface area contributed by atoms with Gasteiger partial charge in [-0.2, -0.15) is 0 Å². The molecule has 0 aliphatic rings. The third kappa shape index (κ3) is 4.99. The third-order valence-electron chi connectivity index (χ3n) is 3.92. The molecule has 0 aliphatic carbocycles. The van der Waals surface area contributed by atoms with E-state index in [4.69, 9.17) is 13.6 Å². The lowest BCUT2D eigenvalue weighted by atomic mass is 9.99. The van der Waals surface area contributed by atoms with Crippen molar-refractivity contribution in [2.75, 3.05) is 20.0 Å². The molecule has 0 saturated carbocycles. The fourth-order valence-corrected chi connectivity index (χ4v) is 4.81. The SMILES string of the molecule is COP(=O)(OC)OC(C)(CCS(=O)(=O)c1ccccc1)c1ccccn1. The molecule has 0 N–H and O–H groups in total. The van der Waals surface area contributed by atoms with Gasteiger partial charge >= 0.3 is 7.82 Å². The molecular formula is C17H22NO6PS. The van der Waals surface area contributed by atoms with Gasteiger partial charge < -0.3 is 0 Å². The smallest absolute Gasteiger partial charge is 0.290 e. The molecule has 7 nitrogen and oxygen atoms in total. The van der Waals surface area contributed by atoms with Gasteiger partial charge in [-0.25, -0.2) is 13.0 Å². The van der Waals surface area contributed by atoms with Crippen LogP contribution in [0.3, 0.4) is 0 Å². The van der Waals surface area contributed by atoms with Crippen LogP contribution in [-0.2, 0) is 33.6 Å². The second kappa shape index (κ2) is 8.41. The van der Waals surface area contributed by atoms with E-state index >= 15 is 0 Å². The van der Waals surface area contributed by atoms with Gasteiger partial charge in [-0.05, 0) is 37.6 Å². The normalized spacial score (nSPS) is 14.7. The number of sulfone groups is 1. The summed E-state index contributed by atoms with van der Waals surface area (Å²) >= 11 is 0. The van der Waals surface area contributed by atoms with Crippen LogP contribution in [0, 0.1) is 0 Å². The van der Waals surface area contributed by atoms with Gasteiger partial charge in [-0.15, -0.1) is 0 Å². The molecular weight excluding hydrogens is 377 g/mol. The first-order chi connectivity index (χ1) is 12.2. The Morgan fingerprint density at radius 3 is 2.19 bits per heavy atom. The van der Waals surface area contributed by atoms with Crippen molar-refractivity contribution in [2.24, 2.45) is 0 Å².